The van der Waals surface area contributed by atoms with E-state index in [0.29, 0.717) is 90.2 Å². The van der Waals surface area contributed by atoms with Crippen molar-refractivity contribution in [2.45, 2.75) is 58.8 Å². The first-order valence-electron chi connectivity index (χ1n) is 21.2. The van der Waals surface area contributed by atoms with Crippen LogP contribution >= 0.6 is 61.8 Å². The third-order valence-corrected chi connectivity index (χ3v) is 14.6. The van der Waals surface area contributed by atoms with Gasteiger partial charge in [0.15, 0.2) is 0 Å². The Balaban J connectivity index is 0.000000227. The smallest absolute Gasteiger partial charge is 0.265 e. The number of thiophene rings is 2. The number of hydrogen-bond donors (Lipinski definition) is 4. The second-order valence-electron chi connectivity index (χ2n) is 16.1. The summed E-state index contributed by atoms with van der Waals surface area (Å²) >= 11 is 17.0. The van der Waals surface area contributed by atoms with Crippen molar-refractivity contribution in [3.63, 3.8) is 0 Å². The molecule has 6 amide bonds. The Bertz CT molecular complexity index is 2500. The minimum Gasteiger partial charge on any atom is -0.330 e. The molecule has 8 rings (SSSR count). The summed E-state index contributed by atoms with van der Waals surface area (Å²) in [6.07, 6.45) is 7.91. The molecule has 2 fully saturated rings. The van der Waals surface area contributed by atoms with Gasteiger partial charge in [-0.2, -0.15) is 10.5 Å². The van der Waals surface area contributed by atoms with Gasteiger partial charge in [-0.1, -0.05) is 58.7 Å². The van der Waals surface area contributed by atoms with E-state index in [-0.39, 0.29) is 59.9 Å². The largest absolute Gasteiger partial charge is 0.330 e. The summed E-state index contributed by atoms with van der Waals surface area (Å²) in [4.78, 5) is 80.6. The Hall–Kier alpha value is -4.98. The number of nitrogens with two attached hydrogens (primary N) is 1. The van der Waals surface area contributed by atoms with Gasteiger partial charge in [0.05, 0.1) is 76.1 Å². The van der Waals surface area contributed by atoms with Gasteiger partial charge in [-0.3, -0.25) is 38.6 Å². The molecule has 0 radical (unpaired) electrons. The van der Waals surface area contributed by atoms with E-state index < -0.39 is 0 Å². The fraction of sp³-hybridized carbons (Fsp3) is 0.404. The molecule has 19 heteroatoms. The molecule has 0 saturated heterocycles. The average molecular weight is 1040 g/mol. The van der Waals surface area contributed by atoms with Gasteiger partial charge >= 0.3 is 0 Å². The predicted molar refractivity (Wildman–Crippen MR) is 263 cm³/mol. The predicted octanol–water partition coefficient (Wildman–Crippen LogP) is 9.73. The van der Waals surface area contributed by atoms with Crippen molar-refractivity contribution < 1.29 is 28.8 Å². The van der Waals surface area contributed by atoms with Crippen molar-refractivity contribution in [3.05, 3.63) is 101 Å². The summed E-state index contributed by atoms with van der Waals surface area (Å²) in [6, 6.07) is 20.4. The summed E-state index contributed by atoms with van der Waals surface area (Å²) < 4.78 is 1.01. The molecule has 2 saturated carbocycles. The molecule has 66 heavy (non-hydrogen) atoms. The van der Waals surface area contributed by atoms with Gasteiger partial charge in [0.1, 0.15) is 0 Å². The van der Waals surface area contributed by atoms with Gasteiger partial charge in [-0.15, -0.1) is 22.7 Å². The molecule has 4 aromatic rings. The first-order chi connectivity index (χ1) is 31.4. The van der Waals surface area contributed by atoms with Crippen LogP contribution in [0, 0.1) is 46.3 Å². The number of imide groups is 2. The Morgan fingerprint density at radius 2 is 1.06 bits per heavy atom. The Labute approximate surface area is 410 Å². The van der Waals surface area contributed by atoms with Crippen molar-refractivity contribution in [3.8, 4) is 12.1 Å². The SMILES string of the molecule is C.N#CCBr.N#CCNCC1CCC(CN2C(=O)c3cccc(NC(=O)c4ccc(Cl)s4)c3C2=O)CC1.NCC1CCC(CN2C(=O)c3cccc(NC(=O)c4ccc(Cl)s4)c3C2=O)CC1. The Kier molecular flexibility index (Phi) is 19.5. The van der Waals surface area contributed by atoms with Crippen molar-refractivity contribution >= 4 is 109 Å². The van der Waals surface area contributed by atoms with Gasteiger partial charge < -0.3 is 21.7 Å². The van der Waals surface area contributed by atoms with E-state index in [4.69, 9.17) is 39.5 Å². The number of amides is 6. The van der Waals surface area contributed by atoms with E-state index in [0.717, 1.165) is 80.6 Å². The maximum atomic E-state index is 13.2. The summed E-state index contributed by atoms with van der Waals surface area (Å²) in [6.45, 7) is 2.67. The number of nitriles is 2. The number of nitrogens with one attached hydrogen (secondary N) is 3. The van der Waals surface area contributed by atoms with Gasteiger partial charge in [-0.05, 0) is 137 Å². The third kappa shape index (κ3) is 12.7. The minimum absolute atomic E-state index is 0. The highest BCUT2D eigenvalue weighted by Crippen LogP contribution is 2.36. The topological polar surface area (TPSA) is 219 Å². The van der Waals surface area contributed by atoms with Crippen LogP contribution in [0.25, 0.3) is 0 Å². The van der Waals surface area contributed by atoms with Crippen LogP contribution in [0.5, 0.6) is 0 Å². The lowest BCUT2D eigenvalue weighted by Crippen LogP contribution is -2.37. The van der Waals surface area contributed by atoms with Crippen LogP contribution in [0.4, 0.5) is 11.4 Å². The van der Waals surface area contributed by atoms with E-state index in [2.05, 4.69) is 37.9 Å². The number of rotatable bonds is 12. The summed E-state index contributed by atoms with van der Waals surface area (Å²) in [5.41, 5.74) is 7.63. The molecule has 0 unspecified atom stereocenters. The van der Waals surface area contributed by atoms with Crippen molar-refractivity contribution in [2.75, 3.05) is 48.7 Å². The quantitative estimate of drug-likeness (QED) is 0.0456. The fourth-order valence-electron chi connectivity index (χ4n) is 8.56. The third-order valence-electron chi connectivity index (χ3n) is 11.9. The number of alkyl halides is 1. The Morgan fingerprint density at radius 1 is 0.652 bits per heavy atom. The highest BCUT2D eigenvalue weighted by molar-refractivity contribution is 9.09. The molecule has 2 aliphatic carbocycles. The van der Waals surface area contributed by atoms with Gasteiger partial charge in [0.25, 0.3) is 35.4 Å². The molecule has 2 aromatic heterocycles. The average Bonchev–Trinajstić information content (AvgIpc) is 4.08. The zero-order valence-corrected chi connectivity index (χ0v) is 40.0. The van der Waals surface area contributed by atoms with Crippen LogP contribution in [0.15, 0.2) is 60.7 Å². The van der Waals surface area contributed by atoms with Gasteiger partial charge in [-0.25, -0.2) is 0 Å². The Morgan fingerprint density at radius 3 is 1.42 bits per heavy atom. The first-order valence-corrected chi connectivity index (χ1v) is 24.7. The van der Waals surface area contributed by atoms with E-state index >= 15 is 0 Å². The van der Waals surface area contributed by atoms with E-state index in [9.17, 15) is 28.8 Å². The number of nitrogens with zero attached hydrogens (tertiary/aromatic N) is 4. The summed E-state index contributed by atoms with van der Waals surface area (Å²) in [5.74, 6) is -0.392. The zero-order chi connectivity index (χ0) is 46.6. The number of hydrogen-bond acceptors (Lipinski definition) is 12. The summed E-state index contributed by atoms with van der Waals surface area (Å²) in [5, 5.41) is 25.3. The molecular weight excluding hydrogens is 988 g/mol. The highest BCUT2D eigenvalue weighted by atomic mass is 79.9. The van der Waals surface area contributed by atoms with Crippen molar-refractivity contribution in [2.24, 2.45) is 29.4 Å². The van der Waals surface area contributed by atoms with Crippen LogP contribution < -0.4 is 21.7 Å². The van der Waals surface area contributed by atoms with E-state index in [1.165, 1.54) is 9.80 Å². The van der Waals surface area contributed by atoms with Crippen LogP contribution in [-0.4, -0.2) is 83.3 Å². The van der Waals surface area contributed by atoms with Crippen LogP contribution in [-0.2, 0) is 0 Å². The molecule has 0 spiro atoms. The maximum Gasteiger partial charge on any atom is 0.265 e. The van der Waals surface area contributed by atoms with Crippen LogP contribution in [0.1, 0.15) is 120 Å². The molecule has 0 atom stereocenters. The zero-order valence-electron chi connectivity index (χ0n) is 35.2. The molecule has 4 heterocycles. The fourth-order valence-corrected chi connectivity index (χ4v) is 10.4. The molecule has 4 aliphatic rings. The molecule has 14 nitrogen and oxygen atoms in total. The molecular formula is C47H51BrCl2N8O6S2. The lowest BCUT2D eigenvalue weighted by Gasteiger charge is -2.30. The number of anilines is 2. The van der Waals surface area contributed by atoms with Crippen molar-refractivity contribution in [1.82, 2.24) is 15.1 Å². The van der Waals surface area contributed by atoms with Gasteiger partial charge in [0, 0.05) is 13.1 Å². The minimum atomic E-state index is -0.364. The molecule has 5 N–H and O–H groups in total. The standard InChI is InChI=1S/C23H23ClN4O3S.C21H22ClN3O3S.C2H2BrN.CH4/c24-19-9-8-18(32-19)21(29)27-17-3-1-2-16-20(17)23(31)28(22(16)30)13-15-6-4-14(5-7-15)12-26-11-10-25;22-17-9-8-16(29-17)19(26)24-15-3-1-2-14-18(15)21(28)25(20(14)27)11-13-6-4-12(10-23)5-7-13;3-1-2-4;/h1-3,8-9,14-15,26H,4-7,11-13H2,(H,27,29);1-3,8-9,12-13H,4-7,10-11,23H2,(H,24,26);1H2;1H4. The van der Waals surface area contributed by atoms with Gasteiger partial charge in [0.2, 0.25) is 0 Å². The van der Waals surface area contributed by atoms with Crippen LogP contribution in [0.2, 0.25) is 8.67 Å². The van der Waals surface area contributed by atoms with Crippen LogP contribution in [0.3, 0.4) is 0 Å². The van der Waals surface area contributed by atoms with E-state index in [1.807, 2.05) is 6.07 Å². The number of benzene rings is 2. The first kappa shape index (κ1) is 52.0. The number of halogens is 3. The second kappa shape index (κ2) is 24.7. The number of carbonyl (C=O) groups is 6. The molecule has 2 aliphatic heterocycles. The number of fused-ring (bicyclic) bond motifs is 2. The highest BCUT2D eigenvalue weighted by Gasteiger charge is 2.41. The lowest BCUT2D eigenvalue weighted by atomic mass is 9.81. The van der Waals surface area contributed by atoms with E-state index in [1.54, 1.807) is 60.7 Å². The lowest BCUT2D eigenvalue weighted by molar-refractivity contribution is 0.0596. The normalized spacial score (nSPS) is 19.5. The van der Waals surface area contributed by atoms with Crippen molar-refractivity contribution in [1.29, 1.82) is 10.5 Å². The number of carbonyl (C=O) groups excluding carboxylic acids is 6. The maximum absolute atomic E-state index is 13.2. The molecule has 0 bridgehead atoms. The molecule has 348 valence electrons. The monoisotopic (exact) mass is 1040 g/mol. The second-order valence-corrected chi connectivity index (χ2v) is 20.1. The summed E-state index contributed by atoms with van der Waals surface area (Å²) in [7, 11) is 0. The molecule has 2 aromatic carbocycles.